The van der Waals surface area contributed by atoms with Crippen LogP contribution in [0.5, 0.6) is 0 Å². The van der Waals surface area contributed by atoms with E-state index in [0.717, 1.165) is 22.4 Å². The molecule has 0 radical (unpaired) electrons. The normalized spacial score (nSPS) is 10.5. The Bertz CT molecular complexity index is 634. The van der Waals surface area contributed by atoms with E-state index in [9.17, 15) is 0 Å². The third-order valence-corrected chi connectivity index (χ3v) is 3.18. The Hall–Kier alpha value is -2.55. The molecule has 0 spiro atoms. The van der Waals surface area contributed by atoms with Crippen LogP contribution in [0, 0.1) is 13.8 Å². The van der Waals surface area contributed by atoms with E-state index < -0.39 is 0 Å². The fourth-order valence-corrected chi connectivity index (χ4v) is 1.96. The molecule has 0 amide bonds. The van der Waals surface area contributed by atoms with Crippen LogP contribution in [0.1, 0.15) is 11.1 Å². The molecule has 3 aromatic rings. The van der Waals surface area contributed by atoms with Gasteiger partial charge in [-0.15, -0.1) is 0 Å². The highest BCUT2D eigenvalue weighted by Crippen LogP contribution is 2.20. The lowest BCUT2D eigenvalue weighted by Gasteiger charge is -2.03. The van der Waals surface area contributed by atoms with Crippen LogP contribution in [0.4, 0.5) is 0 Å². The third-order valence-electron chi connectivity index (χ3n) is 3.18. The van der Waals surface area contributed by atoms with Crippen LogP contribution >= 0.6 is 0 Å². The van der Waals surface area contributed by atoms with Gasteiger partial charge in [-0.25, -0.2) is 9.97 Å². The Morgan fingerprint density at radius 2 is 1.25 bits per heavy atom. The number of pyridine rings is 1. The van der Waals surface area contributed by atoms with Crippen LogP contribution in [0.2, 0.25) is 0 Å². The molecule has 3 heteroatoms. The van der Waals surface area contributed by atoms with Gasteiger partial charge in [0.15, 0.2) is 5.82 Å². The van der Waals surface area contributed by atoms with Gasteiger partial charge in [-0.2, -0.15) is 0 Å². The third kappa shape index (κ3) is 2.57. The van der Waals surface area contributed by atoms with Gasteiger partial charge in [0.2, 0.25) is 0 Å². The summed E-state index contributed by atoms with van der Waals surface area (Å²) in [6.45, 7) is 4.09. The number of hydrogen-bond acceptors (Lipinski definition) is 3. The van der Waals surface area contributed by atoms with Gasteiger partial charge in [-0.3, -0.25) is 4.98 Å². The fraction of sp³-hybridized carbons (Fsp3) is 0.118. The molecule has 2 aromatic heterocycles. The van der Waals surface area contributed by atoms with Crippen LogP contribution in [0.3, 0.4) is 0 Å². The SMILES string of the molecule is Cc1ccc(-c2cnc(-c3ccc(C)cn3)nc2)cc1. The van der Waals surface area contributed by atoms with E-state index in [1.165, 1.54) is 5.56 Å². The molecule has 0 fully saturated rings. The maximum Gasteiger partial charge on any atom is 0.178 e. The van der Waals surface area contributed by atoms with E-state index in [1.807, 2.05) is 37.6 Å². The summed E-state index contributed by atoms with van der Waals surface area (Å²) in [5.41, 5.74) is 5.31. The summed E-state index contributed by atoms with van der Waals surface area (Å²) in [6, 6.07) is 12.3. The molecule has 0 N–H and O–H groups in total. The van der Waals surface area contributed by atoms with Crippen LogP contribution in [0.15, 0.2) is 55.0 Å². The van der Waals surface area contributed by atoms with Crippen molar-refractivity contribution in [2.24, 2.45) is 0 Å². The average molecular weight is 261 g/mol. The molecule has 0 bridgehead atoms. The highest BCUT2D eigenvalue weighted by atomic mass is 14.9. The molecular formula is C17H15N3. The first-order valence-corrected chi connectivity index (χ1v) is 6.54. The highest BCUT2D eigenvalue weighted by molar-refractivity contribution is 5.63. The lowest BCUT2D eigenvalue weighted by atomic mass is 10.1. The quantitative estimate of drug-likeness (QED) is 0.704. The molecule has 0 aliphatic rings. The minimum Gasteiger partial charge on any atom is -0.253 e. The molecule has 2 heterocycles. The minimum atomic E-state index is 0.654. The number of benzene rings is 1. The molecular weight excluding hydrogens is 246 g/mol. The Morgan fingerprint density at radius 3 is 1.85 bits per heavy atom. The number of nitrogens with zero attached hydrogens (tertiary/aromatic N) is 3. The second-order valence-corrected chi connectivity index (χ2v) is 4.88. The number of hydrogen-bond donors (Lipinski definition) is 0. The Labute approximate surface area is 118 Å². The fourth-order valence-electron chi connectivity index (χ4n) is 1.96. The summed E-state index contributed by atoms with van der Waals surface area (Å²) in [5.74, 6) is 0.654. The summed E-state index contributed by atoms with van der Waals surface area (Å²) >= 11 is 0. The molecule has 0 atom stereocenters. The predicted molar refractivity (Wildman–Crippen MR) is 80.2 cm³/mol. The summed E-state index contributed by atoms with van der Waals surface area (Å²) < 4.78 is 0. The zero-order valence-corrected chi connectivity index (χ0v) is 11.5. The van der Waals surface area contributed by atoms with E-state index in [-0.39, 0.29) is 0 Å². The van der Waals surface area contributed by atoms with Crippen molar-refractivity contribution in [1.29, 1.82) is 0 Å². The molecule has 0 unspecified atom stereocenters. The molecule has 1 aromatic carbocycles. The van der Waals surface area contributed by atoms with Crippen molar-refractivity contribution < 1.29 is 0 Å². The Balaban J connectivity index is 1.91. The minimum absolute atomic E-state index is 0.654. The number of aryl methyl sites for hydroxylation is 2. The maximum atomic E-state index is 4.40. The topological polar surface area (TPSA) is 38.7 Å². The van der Waals surface area contributed by atoms with Crippen molar-refractivity contribution in [3.8, 4) is 22.6 Å². The molecule has 20 heavy (non-hydrogen) atoms. The van der Waals surface area contributed by atoms with Gasteiger partial charge in [0.05, 0.1) is 0 Å². The number of rotatable bonds is 2. The summed E-state index contributed by atoms with van der Waals surface area (Å²) in [5, 5.41) is 0. The van der Waals surface area contributed by atoms with Crippen molar-refractivity contribution in [2.75, 3.05) is 0 Å². The predicted octanol–water partition coefficient (Wildman–Crippen LogP) is 3.82. The lowest BCUT2D eigenvalue weighted by Crippen LogP contribution is -1.92. The van der Waals surface area contributed by atoms with Gasteiger partial charge >= 0.3 is 0 Å². The second kappa shape index (κ2) is 5.21. The summed E-state index contributed by atoms with van der Waals surface area (Å²) in [6.07, 6.45) is 5.51. The Kier molecular flexibility index (Phi) is 3.25. The molecule has 0 saturated carbocycles. The van der Waals surface area contributed by atoms with Gasteiger partial charge < -0.3 is 0 Å². The van der Waals surface area contributed by atoms with E-state index in [2.05, 4.69) is 46.1 Å². The monoisotopic (exact) mass is 261 g/mol. The highest BCUT2D eigenvalue weighted by Gasteiger charge is 2.04. The van der Waals surface area contributed by atoms with Gasteiger partial charge in [0.25, 0.3) is 0 Å². The van der Waals surface area contributed by atoms with Crippen LogP contribution in [-0.4, -0.2) is 15.0 Å². The van der Waals surface area contributed by atoms with Crippen molar-refractivity contribution in [3.63, 3.8) is 0 Å². The van der Waals surface area contributed by atoms with Crippen LogP contribution in [-0.2, 0) is 0 Å². The zero-order valence-electron chi connectivity index (χ0n) is 11.5. The zero-order chi connectivity index (χ0) is 13.9. The van der Waals surface area contributed by atoms with Crippen molar-refractivity contribution in [1.82, 2.24) is 15.0 Å². The van der Waals surface area contributed by atoms with Gasteiger partial charge in [0.1, 0.15) is 5.69 Å². The van der Waals surface area contributed by atoms with Gasteiger partial charge in [0, 0.05) is 24.2 Å². The van der Waals surface area contributed by atoms with Gasteiger partial charge in [-0.1, -0.05) is 35.9 Å². The molecule has 0 saturated heterocycles. The van der Waals surface area contributed by atoms with E-state index in [0.29, 0.717) is 5.82 Å². The number of aromatic nitrogens is 3. The molecule has 98 valence electrons. The molecule has 0 aliphatic heterocycles. The largest absolute Gasteiger partial charge is 0.253 e. The van der Waals surface area contributed by atoms with Crippen molar-refractivity contribution in [2.45, 2.75) is 13.8 Å². The van der Waals surface area contributed by atoms with Crippen molar-refractivity contribution >= 4 is 0 Å². The van der Waals surface area contributed by atoms with E-state index in [4.69, 9.17) is 0 Å². The second-order valence-electron chi connectivity index (χ2n) is 4.88. The van der Waals surface area contributed by atoms with Gasteiger partial charge in [-0.05, 0) is 31.0 Å². The maximum absolute atomic E-state index is 4.40. The molecule has 0 aliphatic carbocycles. The molecule has 3 nitrogen and oxygen atoms in total. The first-order chi connectivity index (χ1) is 9.72. The van der Waals surface area contributed by atoms with Crippen molar-refractivity contribution in [3.05, 3.63) is 66.1 Å². The first-order valence-electron chi connectivity index (χ1n) is 6.54. The lowest BCUT2D eigenvalue weighted by molar-refractivity contribution is 1.13. The van der Waals surface area contributed by atoms with E-state index in [1.54, 1.807) is 0 Å². The smallest absolute Gasteiger partial charge is 0.178 e. The van der Waals surface area contributed by atoms with E-state index >= 15 is 0 Å². The summed E-state index contributed by atoms with van der Waals surface area (Å²) in [4.78, 5) is 13.1. The Morgan fingerprint density at radius 1 is 0.600 bits per heavy atom. The standard InChI is InChI=1S/C17H15N3/c1-12-3-6-14(7-4-12)15-10-19-17(20-11-15)16-8-5-13(2)9-18-16/h3-11H,1-2H3. The summed E-state index contributed by atoms with van der Waals surface area (Å²) in [7, 11) is 0. The first kappa shape index (κ1) is 12.5. The van der Waals surface area contributed by atoms with Crippen LogP contribution in [0.25, 0.3) is 22.6 Å². The molecule has 3 rings (SSSR count). The average Bonchev–Trinajstić information content (AvgIpc) is 2.49. The van der Waals surface area contributed by atoms with Crippen LogP contribution < -0.4 is 0 Å².